The molecule has 0 amide bonds. The second kappa shape index (κ2) is 7.77. The van der Waals surface area contributed by atoms with Crippen LogP contribution in [0, 0.1) is 18.2 Å². The van der Waals surface area contributed by atoms with Crippen molar-refractivity contribution in [3.8, 4) is 5.75 Å². The molecule has 0 saturated heterocycles. The Bertz CT molecular complexity index is 957. The third-order valence-corrected chi connectivity index (χ3v) is 4.14. The molecule has 140 valence electrons. The van der Waals surface area contributed by atoms with Crippen LogP contribution in [0.1, 0.15) is 5.69 Å². The molecule has 1 aliphatic rings. The molecule has 0 bridgehead atoms. The molecule has 27 heavy (non-hydrogen) atoms. The van der Waals surface area contributed by atoms with Crippen LogP contribution in [-0.4, -0.2) is 23.0 Å². The van der Waals surface area contributed by atoms with E-state index in [1.165, 1.54) is 12.1 Å². The summed E-state index contributed by atoms with van der Waals surface area (Å²) >= 11 is 0. The number of hydrogen-bond acceptors (Lipinski definition) is 6. The maximum atomic E-state index is 14.3. The van der Waals surface area contributed by atoms with Crippen molar-refractivity contribution in [3.63, 3.8) is 0 Å². The summed E-state index contributed by atoms with van der Waals surface area (Å²) in [6.45, 7) is 1.95. The van der Waals surface area contributed by atoms with Crippen LogP contribution >= 0.6 is 0 Å². The number of aromatic nitrogens is 2. The molecule has 0 spiro atoms. The van der Waals surface area contributed by atoms with Crippen molar-refractivity contribution < 1.29 is 9.13 Å². The quantitative estimate of drug-likeness (QED) is 0.588. The molecule has 0 radical (unpaired) electrons. The monoisotopic (exact) mass is 368 g/mol. The number of halogens is 1. The van der Waals surface area contributed by atoms with Crippen LogP contribution in [0.3, 0.4) is 0 Å². The molecule has 1 aromatic carbocycles. The van der Waals surface area contributed by atoms with Gasteiger partial charge in [-0.15, -0.1) is 0 Å². The Kier molecular flexibility index (Phi) is 5.25. The van der Waals surface area contributed by atoms with Gasteiger partial charge in [0.05, 0.1) is 29.0 Å². The number of anilines is 2. The molecule has 0 saturated carbocycles. The lowest BCUT2D eigenvalue weighted by atomic mass is 10.2. The summed E-state index contributed by atoms with van der Waals surface area (Å²) in [7, 11) is 3.58. The Morgan fingerprint density at radius 1 is 1.37 bits per heavy atom. The third-order valence-electron chi connectivity index (χ3n) is 4.14. The molecule has 1 aliphatic heterocycles. The van der Waals surface area contributed by atoms with E-state index >= 15 is 0 Å². The second-order valence-electron chi connectivity index (χ2n) is 5.89. The molecule has 0 unspecified atom stereocenters. The predicted octanol–water partition coefficient (Wildman–Crippen LogP) is 3.26. The van der Waals surface area contributed by atoms with E-state index in [9.17, 15) is 4.39 Å². The number of dihydropyridines is 1. The topological polar surface area (TPSA) is 87.0 Å². The van der Waals surface area contributed by atoms with Crippen LogP contribution in [-0.2, 0) is 7.05 Å². The first-order valence-electron chi connectivity index (χ1n) is 8.32. The number of nitrogens with one attached hydrogen (secondary N) is 4. The van der Waals surface area contributed by atoms with Gasteiger partial charge in [0.15, 0.2) is 17.3 Å². The molecular weight excluding hydrogens is 347 g/mol. The molecule has 0 atom stereocenters. The van der Waals surface area contributed by atoms with Gasteiger partial charge in [0.25, 0.3) is 0 Å². The number of allylic oxidation sites excluding steroid dienone is 2. The summed E-state index contributed by atoms with van der Waals surface area (Å²) in [6.07, 6.45) is 7.88. The Hall–Kier alpha value is -3.55. The molecule has 0 fully saturated rings. The van der Waals surface area contributed by atoms with Crippen LogP contribution < -0.4 is 20.7 Å². The van der Waals surface area contributed by atoms with Crippen LogP contribution in [0.25, 0.3) is 0 Å². The lowest BCUT2D eigenvalue weighted by Crippen LogP contribution is -2.19. The average molecular weight is 368 g/mol. The van der Waals surface area contributed by atoms with Gasteiger partial charge in [0.1, 0.15) is 0 Å². The Balaban J connectivity index is 1.87. The fraction of sp³-hybridized carbons (Fsp3) is 0.158. The molecule has 0 aliphatic carbocycles. The van der Waals surface area contributed by atoms with Crippen molar-refractivity contribution >= 4 is 17.6 Å². The van der Waals surface area contributed by atoms with Crippen molar-refractivity contribution in [1.82, 2.24) is 15.1 Å². The number of nitrogens with zero attached hydrogens (tertiary/aromatic N) is 2. The van der Waals surface area contributed by atoms with Crippen LogP contribution in [0.15, 0.2) is 59.9 Å². The minimum absolute atomic E-state index is 0.0942. The van der Waals surface area contributed by atoms with E-state index < -0.39 is 5.82 Å². The van der Waals surface area contributed by atoms with Crippen LogP contribution in [0.2, 0.25) is 0 Å². The van der Waals surface area contributed by atoms with Crippen LogP contribution in [0.4, 0.5) is 15.8 Å². The lowest BCUT2D eigenvalue weighted by molar-refractivity contribution is 0.400. The fourth-order valence-corrected chi connectivity index (χ4v) is 2.49. The van der Waals surface area contributed by atoms with Gasteiger partial charge in [-0.1, -0.05) is 0 Å². The van der Waals surface area contributed by atoms with Crippen molar-refractivity contribution in [2.75, 3.05) is 17.7 Å². The highest BCUT2D eigenvalue weighted by molar-refractivity contribution is 5.71. The molecule has 8 heteroatoms. The Morgan fingerprint density at radius 3 is 2.81 bits per heavy atom. The second-order valence-corrected chi connectivity index (χ2v) is 5.89. The molecule has 2 aromatic rings. The summed E-state index contributed by atoms with van der Waals surface area (Å²) in [4.78, 5) is 0. The third kappa shape index (κ3) is 4.00. The van der Waals surface area contributed by atoms with E-state index in [1.807, 2.05) is 14.0 Å². The van der Waals surface area contributed by atoms with E-state index in [1.54, 1.807) is 42.3 Å². The molecule has 3 rings (SSSR count). The van der Waals surface area contributed by atoms with Crippen molar-refractivity contribution in [2.45, 2.75) is 6.92 Å². The van der Waals surface area contributed by atoms with E-state index in [-0.39, 0.29) is 5.75 Å². The first-order chi connectivity index (χ1) is 13.0. The summed E-state index contributed by atoms with van der Waals surface area (Å²) in [5.41, 5.74) is 3.75. The molecule has 4 N–H and O–H groups in total. The highest BCUT2D eigenvalue weighted by Gasteiger charge is 2.16. The van der Waals surface area contributed by atoms with Gasteiger partial charge in [-0.2, -0.15) is 5.10 Å². The summed E-state index contributed by atoms with van der Waals surface area (Å²) in [5.74, 6) is 0.00186. The van der Waals surface area contributed by atoms with Crippen molar-refractivity contribution in [3.05, 3.63) is 71.4 Å². The minimum Gasteiger partial charge on any atom is -0.452 e. The van der Waals surface area contributed by atoms with Gasteiger partial charge < -0.3 is 26.1 Å². The normalized spacial score (nSPS) is 14.9. The standard InChI is InChI=1S/C19H21FN6O/c1-12-17(11-24-26(12)3)25-14-9-19(16(6-7-21)23-10-14)27-18-5-4-13(22-2)8-15(18)20/h4-11,21-23,25H,1-3H3/b16-6-,21-7?. The van der Waals surface area contributed by atoms with Gasteiger partial charge in [0, 0.05) is 44.3 Å². The predicted molar refractivity (Wildman–Crippen MR) is 104 cm³/mol. The number of aryl methyl sites for hydroxylation is 1. The van der Waals surface area contributed by atoms with Gasteiger partial charge >= 0.3 is 0 Å². The fourth-order valence-electron chi connectivity index (χ4n) is 2.49. The van der Waals surface area contributed by atoms with Gasteiger partial charge in [0.2, 0.25) is 0 Å². The molecule has 1 aromatic heterocycles. The highest BCUT2D eigenvalue weighted by Crippen LogP contribution is 2.27. The van der Waals surface area contributed by atoms with E-state index in [2.05, 4.69) is 21.0 Å². The zero-order valence-corrected chi connectivity index (χ0v) is 15.3. The van der Waals surface area contributed by atoms with Crippen molar-refractivity contribution in [2.24, 2.45) is 7.05 Å². The largest absolute Gasteiger partial charge is 0.452 e. The van der Waals surface area contributed by atoms with Gasteiger partial charge in [-0.05, 0) is 25.1 Å². The zero-order chi connectivity index (χ0) is 19.4. The van der Waals surface area contributed by atoms with Crippen LogP contribution in [0.5, 0.6) is 5.75 Å². The SMILES string of the molecule is CNc1ccc(OC2=CC(Nc3cnn(C)c3C)=CN/C2=C\C=N)c(F)c1. The minimum atomic E-state index is -0.482. The number of benzene rings is 1. The van der Waals surface area contributed by atoms with E-state index in [0.29, 0.717) is 17.1 Å². The maximum Gasteiger partial charge on any atom is 0.167 e. The highest BCUT2D eigenvalue weighted by atomic mass is 19.1. The maximum absolute atomic E-state index is 14.3. The van der Waals surface area contributed by atoms with E-state index in [0.717, 1.165) is 23.3 Å². The zero-order valence-electron chi connectivity index (χ0n) is 15.3. The molecule has 2 heterocycles. The lowest BCUT2D eigenvalue weighted by Gasteiger charge is -2.20. The first kappa shape index (κ1) is 18.2. The number of rotatable bonds is 6. The summed E-state index contributed by atoms with van der Waals surface area (Å²) < 4.78 is 21.8. The molecule has 7 nitrogen and oxygen atoms in total. The Morgan fingerprint density at radius 2 is 2.19 bits per heavy atom. The first-order valence-corrected chi connectivity index (χ1v) is 8.32. The average Bonchev–Trinajstić information content (AvgIpc) is 2.97. The van der Waals surface area contributed by atoms with Crippen molar-refractivity contribution in [1.29, 1.82) is 5.41 Å². The van der Waals surface area contributed by atoms with Gasteiger partial charge in [-0.3, -0.25) is 4.68 Å². The summed E-state index contributed by atoms with van der Waals surface area (Å²) in [6, 6.07) is 4.64. The number of ether oxygens (including phenoxy) is 1. The smallest absolute Gasteiger partial charge is 0.167 e. The van der Waals surface area contributed by atoms with Gasteiger partial charge in [-0.25, -0.2) is 4.39 Å². The van der Waals surface area contributed by atoms with E-state index in [4.69, 9.17) is 10.1 Å². The molecular formula is C19H21FN6O. The summed E-state index contributed by atoms with van der Waals surface area (Å²) in [5, 5.41) is 20.7. The number of hydrogen-bond donors (Lipinski definition) is 4. The Labute approximate surface area is 156 Å².